The molecule has 0 radical (unpaired) electrons. The molecule has 1 heterocycles. The zero-order valence-corrected chi connectivity index (χ0v) is 7.34. The molecule has 0 aromatic rings. The highest BCUT2D eigenvalue weighted by atomic mass is 16.5. The molecule has 1 N–H and O–H groups in total. The molecular formula is C8H15NO3. The van der Waals surface area contributed by atoms with Gasteiger partial charge in [-0.15, -0.1) is 0 Å². The molecule has 0 aromatic carbocycles. The smallest absolute Gasteiger partial charge is 0.177 e. The molecule has 4 heteroatoms. The van der Waals surface area contributed by atoms with Crippen LogP contribution in [0.3, 0.4) is 0 Å². The van der Waals surface area contributed by atoms with Crippen molar-refractivity contribution in [2.75, 3.05) is 33.0 Å². The van der Waals surface area contributed by atoms with E-state index in [9.17, 15) is 4.79 Å². The molecule has 0 spiro atoms. The SMILES string of the molecule is CCOCC(=O)C1COCCN1. The van der Waals surface area contributed by atoms with Gasteiger partial charge in [0.15, 0.2) is 5.78 Å². The quantitative estimate of drug-likeness (QED) is 0.627. The summed E-state index contributed by atoms with van der Waals surface area (Å²) in [5, 5.41) is 3.07. The van der Waals surface area contributed by atoms with Crippen LogP contribution in [-0.2, 0) is 14.3 Å². The van der Waals surface area contributed by atoms with E-state index in [-0.39, 0.29) is 18.4 Å². The van der Waals surface area contributed by atoms with Crippen LogP contribution in [0.15, 0.2) is 0 Å². The van der Waals surface area contributed by atoms with Crippen LogP contribution in [0.25, 0.3) is 0 Å². The van der Waals surface area contributed by atoms with E-state index < -0.39 is 0 Å². The highest BCUT2D eigenvalue weighted by Gasteiger charge is 2.20. The van der Waals surface area contributed by atoms with Crippen molar-refractivity contribution in [2.24, 2.45) is 0 Å². The van der Waals surface area contributed by atoms with Crippen molar-refractivity contribution in [1.29, 1.82) is 0 Å². The maximum Gasteiger partial charge on any atom is 0.177 e. The highest BCUT2D eigenvalue weighted by molar-refractivity contribution is 5.85. The molecule has 1 atom stereocenters. The van der Waals surface area contributed by atoms with E-state index in [0.29, 0.717) is 19.8 Å². The van der Waals surface area contributed by atoms with E-state index in [0.717, 1.165) is 6.54 Å². The first kappa shape index (κ1) is 9.64. The van der Waals surface area contributed by atoms with Gasteiger partial charge in [0.1, 0.15) is 6.61 Å². The Morgan fingerprint density at radius 2 is 2.58 bits per heavy atom. The molecule has 1 aliphatic rings. The average molecular weight is 173 g/mol. The Morgan fingerprint density at radius 1 is 1.75 bits per heavy atom. The maximum atomic E-state index is 11.3. The monoisotopic (exact) mass is 173 g/mol. The Balaban J connectivity index is 2.20. The van der Waals surface area contributed by atoms with E-state index in [4.69, 9.17) is 9.47 Å². The van der Waals surface area contributed by atoms with Gasteiger partial charge in [0, 0.05) is 13.2 Å². The molecule has 1 fully saturated rings. The minimum absolute atomic E-state index is 0.0801. The Morgan fingerprint density at radius 3 is 3.17 bits per heavy atom. The molecule has 12 heavy (non-hydrogen) atoms. The lowest BCUT2D eigenvalue weighted by Gasteiger charge is -2.22. The summed E-state index contributed by atoms with van der Waals surface area (Å²) in [5.74, 6) is 0.0801. The van der Waals surface area contributed by atoms with Crippen LogP contribution in [0.4, 0.5) is 0 Å². The fourth-order valence-electron chi connectivity index (χ4n) is 1.08. The van der Waals surface area contributed by atoms with Gasteiger partial charge in [-0.2, -0.15) is 0 Å². The first-order valence-corrected chi connectivity index (χ1v) is 4.26. The van der Waals surface area contributed by atoms with E-state index in [1.54, 1.807) is 0 Å². The third kappa shape index (κ3) is 2.89. The standard InChI is InChI=1S/C8H15NO3/c1-2-11-6-8(10)7-5-12-4-3-9-7/h7,9H,2-6H2,1H3. The van der Waals surface area contributed by atoms with Crippen LogP contribution >= 0.6 is 0 Å². The van der Waals surface area contributed by atoms with E-state index >= 15 is 0 Å². The number of hydrogen-bond donors (Lipinski definition) is 1. The number of ketones is 1. The molecule has 0 saturated carbocycles. The summed E-state index contributed by atoms with van der Waals surface area (Å²) in [7, 11) is 0. The Labute approximate surface area is 72.2 Å². The molecule has 4 nitrogen and oxygen atoms in total. The number of Topliss-reactive ketones (excluding diaryl/α,β-unsaturated/α-hetero) is 1. The zero-order chi connectivity index (χ0) is 8.81. The molecule has 1 aliphatic heterocycles. The Bertz CT molecular complexity index is 143. The largest absolute Gasteiger partial charge is 0.378 e. The summed E-state index contributed by atoms with van der Waals surface area (Å²) < 4.78 is 10.1. The van der Waals surface area contributed by atoms with Crippen molar-refractivity contribution in [3.63, 3.8) is 0 Å². The average Bonchev–Trinajstić information content (AvgIpc) is 2.15. The number of nitrogens with one attached hydrogen (secondary N) is 1. The fourth-order valence-corrected chi connectivity index (χ4v) is 1.08. The molecule has 0 aliphatic carbocycles. The second kappa shape index (κ2) is 5.24. The van der Waals surface area contributed by atoms with Crippen molar-refractivity contribution in [2.45, 2.75) is 13.0 Å². The van der Waals surface area contributed by atoms with Crippen molar-refractivity contribution in [3.05, 3.63) is 0 Å². The molecular weight excluding hydrogens is 158 g/mol. The lowest BCUT2D eigenvalue weighted by Crippen LogP contribution is -2.47. The molecule has 1 rings (SSSR count). The highest BCUT2D eigenvalue weighted by Crippen LogP contribution is 1.95. The van der Waals surface area contributed by atoms with Gasteiger partial charge in [-0.05, 0) is 6.92 Å². The van der Waals surface area contributed by atoms with Crippen molar-refractivity contribution in [3.8, 4) is 0 Å². The number of hydrogen-bond acceptors (Lipinski definition) is 4. The van der Waals surface area contributed by atoms with Crippen LogP contribution in [0.2, 0.25) is 0 Å². The summed E-state index contributed by atoms with van der Waals surface area (Å²) in [5.41, 5.74) is 0. The lowest BCUT2D eigenvalue weighted by atomic mass is 10.2. The summed E-state index contributed by atoms with van der Waals surface area (Å²) in [6, 6.07) is -0.162. The van der Waals surface area contributed by atoms with E-state index in [2.05, 4.69) is 5.32 Å². The number of carbonyl (C=O) groups excluding carboxylic acids is 1. The van der Waals surface area contributed by atoms with Gasteiger partial charge in [0.2, 0.25) is 0 Å². The maximum absolute atomic E-state index is 11.3. The van der Waals surface area contributed by atoms with Crippen LogP contribution in [0.5, 0.6) is 0 Å². The number of ether oxygens (including phenoxy) is 2. The minimum Gasteiger partial charge on any atom is -0.378 e. The second-order valence-corrected chi connectivity index (χ2v) is 2.69. The summed E-state index contributed by atoms with van der Waals surface area (Å²) in [4.78, 5) is 11.3. The number of carbonyl (C=O) groups is 1. The van der Waals surface area contributed by atoms with Crippen LogP contribution in [-0.4, -0.2) is 44.8 Å². The van der Waals surface area contributed by atoms with Crippen LogP contribution < -0.4 is 5.32 Å². The molecule has 0 bridgehead atoms. The first-order valence-electron chi connectivity index (χ1n) is 4.26. The van der Waals surface area contributed by atoms with Crippen LogP contribution in [0.1, 0.15) is 6.92 Å². The molecule has 0 amide bonds. The van der Waals surface area contributed by atoms with Gasteiger partial charge < -0.3 is 14.8 Å². The summed E-state index contributed by atoms with van der Waals surface area (Å²) >= 11 is 0. The van der Waals surface area contributed by atoms with Gasteiger partial charge in [-0.3, -0.25) is 4.79 Å². The van der Waals surface area contributed by atoms with Gasteiger partial charge in [-0.1, -0.05) is 0 Å². The Kier molecular flexibility index (Phi) is 4.21. The third-order valence-corrected chi connectivity index (χ3v) is 1.76. The Hall–Kier alpha value is -0.450. The second-order valence-electron chi connectivity index (χ2n) is 2.69. The van der Waals surface area contributed by atoms with Crippen molar-refractivity contribution >= 4 is 5.78 Å². The van der Waals surface area contributed by atoms with Gasteiger partial charge in [-0.25, -0.2) is 0 Å². The molecule has 70 valence electrons. The van der Waals surface area contributed by atoms with Gasteiger partial charge in [0.25, 0.3) is 0 Å². The molecule has 1 saturated heterocycles. The minimum atomic E-state index is -0.162. The molecule has 1 unspecified atom stereocenters. The number of morpholine rings is 1. The predicted octanol–water partition coefficient (Wildman–Crippen LogP) is -0.420. The summed E-state index contributed by atoms with van der Waals surface area (Å²) in [6.45, 7) is 4.57. The zero-order valence-electron chi connectivity index (χ0n) is 7.34. The van der Waals surface area contributed by atoms with Crippen LogP contribution in [0, 0.1) is 0 Å². The topological polar surface area (TPSA) is 47.6 Å². The first-order chi connectivity index (χ1) is 5.84. The lowest BCUT2D eigenvalue weighted by molar-refractivity contribution is -0.128. The van der Waals surface area contributed by atoms with Crippen molar-refractivity contribution < 1.29 is 14.3 Å². The van der Waals surface area contributed by atoms with Crippen molar-refractivity contribution in [1.82, 2.24) is 5.32 Å². The molecule has 0 aromatic heterocycles. The fraction of sp³-hybridized carbons (Fsp3) is 0.875. The predicted molar refractivity (Wildman–Crippen MR) is 44.1 cm³/mol. The normalized spacial score (nSPS) is 23.9. The van der Waals surface area contributed by atoms with E-state index in [1.165, 1.54) is 0 Å². The van der Waals surface area contributed by atoms with Gasteiger partial charge in [0.05, 0.1) is 19.3 Å². The number of rotatable bonds is 4. The van der Waals surface area contributed by atoms with E-state index in [1.807, 2.05) is 6.92 Å². The third-order valence-electron chi connectivity index (χ3n) is 1.76. The van der Waals surface area contributed by atoms with Gasteiger partial charge >= 0.3 is 0 Å². The summed E-state index contributed by atoms with van der Waals surface area (Å²) in [6.07, 6.45) is 0.